The average Bonchev–Trinajstić information content (AvgIpc) is 3.57. The summed E-state index contributed by atoms with van der Waals surface area (Å²) in [6.45, 7) is 2.89. The number of hydrogen-bond acceptors (Lipinski definition) is 6. The Morgan fingerprint density at radius 2 is 1.74 bits per heavy atom. The van der Waals surface area contributed by atoms with Crippen molar-refractivity contribution < 1.29 is 14.4 Å². The lowest BCUT2D eigenvalue weighted by Gasteiger charge is -2.26. The molecule has 4 aromatic rings. The molecule has 3 aromatic carbocycles. The molecule has 2 aliphatic rings. The Bertz CT molecular complexity index is 1790. The molecule has 0 spiro atoms. The molecule has 210 valence electrons. The monoisotopic (exact) mass is 560 g/mol. The predicted octanol–water partition coefficient (Wildman–Crippen LogP) is 5.47. The minimum Gasteiger partial charge on any atom is -0.307 e. The molecule has 5 amide bonds. The maximum Gasteiger partial charge on any atom is 0.387 e. The molecule has 6 rings (SSSR count). The lowest BCUT2D eigenvalue weighted by atomic mass is 9.99. The second-order valence-electron chi connectivity index (χ2n) is 10.4. The standard InChI is InChI=1S/C31H28N8O3/c1-19-25-15-16-38(29(40)27(25)39(36-19)24-9-6-8-21(17-24)28-33-30(41)35-34-28)31(42)32-23-13-11-20(12-14-23)26-10-5-4-7-22(26)18-37(2)3/h4-14,17H,15-16,18H2,1-3H3,(H,32,42). The first kappa shape index (κ1) is 26.9. The summed E-state index contributed by atoms with van der Waals surface area (Å²) in [6, 6.07) is 21.7. The third-order valence-electron chi connectivity index (χ3n) is 7.19. The Morgan fingerprint density at radius 3 is 2.48 bits per heavy atom. The molecule has 0 aliphatic carbocycles. The van der Waals surface area contributed by atoms with E-state index in [1.54, 1.807) is 24.3 Å². The zero-order valence-corrected chi connectivity index (χ0v) is 23.4. The third kappa shape index (κ3) is 5.13. The molecule has 0 unspecified atom stereocenters. The van der Waals surface area contributed by atoms with Crippen LogP contribution in [0, 0.1) is 6.92 Å². The number of fused-ring (bicyclic) bond motifs is 1. The Kier molecular flexibility index (Phi) is 7.01. The van der Waals surface area contributed by atoms with Gasteiger partial charge >= 0.3 is 12.1 Å². The Morgan fingerprint density at radius 1 is 0.952 bits per heavy atom. The maximum absolute atomic E-state index is 13.7. The number of aliphatic imine (C=N–C) groups is 1. The first-order valence-corrected chi connectivity index (χ1v) is 13.5. The highest BCUT2D eigenvalue weighted by molar-refractivity contribution is 6.10. The van der Waals surface area contributed by atoms with Gasteiger partial charge in [0.15, 0.2) is 5.84 Å². The molecule has 2 aliphatic heterocycles. The average molecular weight is 561 g/mol. The molecule has 1 N–H and O–H groups in total. The highest BCUT2D eigenvalue weighted by Gasteiger charge is 2.35. The maximum atomic E-state index is 13.7. The van der Waals surface area contributed by atoms with Crippen LogP contribution in [0.5, 0.6) is 0 Å². The summed E-state index contributed by atoms with van der Waals surface area (Å²) in [4.78, 5) is 45.6. The van der Waals surface area contributed by atoms with Gasteiger partial charge in [-0.15, -0.1) is 5.11 Å². The number of amides is 5. The molecule has 1 aromatic heterocycles. The van der Waals surface area contributed by atoms with Crippen molar-refractivity contribution in [2.75, 3.05) is 26.0 Å². The number of nitrogens with one attached hydrogen (secondary N) is 1. The molecular weight excluding hydrogens is 532 g/mol. The van der Waals surface area contributed by atoms with Gasteiger partial charge in [0, 0.05) is 29.9 Å². The van der Waals surface area contributed by atoms with Crippen molar-refractivity contribution in [2.45, 2.75) is 19.9 Å². The highest BCUT2D eigenvalue weighted by Crippen LogP contribution is 2.28. The van der Waals surface area contributed by atoms with Crippen LogP contribution >= 0.6 is 0 Å². The smallest absolute Gasteiger partial charge is 0.307 e. The zero-order valence-electron chi connectivity index (χ0n) is 23.4. The minimum atomic E-state index is -0.664. The van der Waals surface area contributed by atoms with E-state index in [2.05, 4.69) is 42.7 Å². The van der Waals surface area contributed by atoms with Crippen LogP contribution in [-0.2, 0) is 13.0 Å². The molecule has 0 radical (unpaired) electrons. The number of nitrogens with zero attached hydrogens (tertiary/aromatic N) is 7. The SMILES string of the molecule is Cc1nn(-c2cccc(C3=NC(=O)N=N3)c2)c2c1CCN(C(=O)Nc1ccc(-c3ccccc3CN(C)C)cc1)C2=O. The first-order chi connectivity index (χ1) is 20.3. The van der Waals surface area contributed by atoms with Crippen LogP contribution in [0.25, 0.3) is 16.8 Å². The van der Waals surface area contributed by atoms with Gasteiger partial charge < -0.3 is 10.2 Å². The molecule has 42 heavy (non-hydrogen) atoms. The van der Waals surface area contributed by atoms with Gasteiger partial charge in [-0.1, -0.05) is 53.6 Å². The van der Waals surface area contributed by atoms with Gasteiger partial charge in [0.25, 0.3) is 5.91 Å². The Labute approximate surface area is 242 Å². The lowest BCUT2D eigenvalue weighted by molar-refractivity contribution is 0.0789. The van der Waals surface area contributed by atoms with E-state index in [4.69, 9.17) is 0 Å². The van der Waals surface area contributed by atoms with Crippen LogP contribution in [0.1, 0.15) is 32.9 Å². The predicted molar refractivity (Wildman–Crippen MR) is 158 cm³/mol. The molecular formula is C31H28N8O3. The van der Waals surface area contributed by atoms with Gasteiger partial charge in [-0.25, -0.2) is 14.3 Å². The number of hydrogen-bond donors (Lipinski definition) is 1. The van der Waals surface area contributed by atoms with Crippen LogP contribution in [0.2, 0.25) is 0 Å². The molecule has 11 heteroatoms. The number of amidine groups is 1. The van der Waals surface area contributed by atoms with Crippen molar-refractivity contribution in [3.05, 3.63) is 101 Å². The van der Waals surface area contributed by atoms with Crippen molar-refractivity contribution in [1.29, 1.82) is 0 Å². The number of imide groups is 1. The van der Waals surface area contributed by atoms with E-state index in [0.29, 0.717) is 34.7 Å². The Balaban J connectivity index is 1.22. The fraction of sp³-hybridized carbons (Fsp3) is 0.194. The number of aromatic nitrogens is 2. The second-order valence-corrected chi connectivity index (χ2v) is 10.4. The number of carbonyl (C=O) groups excluding carboxylic acids is 3. The lowest BCUT2D eigenvalue weighted by Crippen LogP contribution is -2.45. The van der Waals surface area contributed by atoms with Crippen LogP contribution < -0.4 is 5.32 Å². The summed E-state index contributed by atoms with van der Waals surface area (Å²) in [5, 5.41) is 14.7. The van der Waals surface area contributed by atoms with E-state index < -0.39 is 18.0 Å². The van der Waals surface area contributed by atoms with E-state index >= 15 is 0 Å². The van der Waals surface area contributed by atoms with E-state index in [-0.39, 0.29) is 12.4 Å². The van der Waals surface area contributed by atoms with Gasteiger partial charge in [0.05, 0.1) is 11.4 Å². The van der Waals surface area contributed by atoms with Crippen molar-refractivity contribution in [3.63, 3.8) is 0 Å². The number of anilines is 1. The van der Waals surface area contributed by atoms with Crippen molar-refractivity contribution in [3.8, 4) is 16.8 Å². The molecule has 3 heterocycles. The van der Waals surface area contributed by atoms with Crippen LogP contribution in [-0.4, -0.2) is 64.0 Å². The number of aryl methyl sites for hydroxylation is 1. The molecule has 0 saturated heterocycles. The van der Waals surface area contributed by atoms with E-state index in [0.717, 1.165) is 23.2 Å². The minimum absolute atomic E-state index is 0.194. The molecule has 0 bridgehead atoms. The molecule has 11 nitrogen and oxygen atoms in total. The zero-order chi connectivity index (χ0) is 29.4. The van der Waals surface area contributed by atoms with Gasteiger partial charge in [-0.05, 0) is 68.4 Å². The molecule has 0 atom stereocenters. The number of azo groups is 1. The summed E-state index contributed by atoms with van der Waals surface area (Å²) < 4.78 is 1.53. The van der Waals surface area contributed by atoms with Crippen LogP contribution in [0.4, 0.5) is 15.3 Å². The highest BCUT2D eigenvalue weighted by atomic mass is 16.2. The quantitative estimate of drug-likeness (QED) is 0.335. The van der Waals surface area contributed by atoms with Gasteiger partial charge in [-0.3, -0.25) is 9.69 Å². The fourth-order valence-electron chi connectivity index (χ4n) is 5.24. The third-order valence-corrected chi connectivity index (χ3v) is 7.19. The van der Waals surface area contributed by atoms with Gasteiger partial charge in [0.1, 0.15) is 5.69 Å². The van der Waals surface area contributed by atoms with E-state index in [1.165, 1.54) is 15.1 Å². The number of benzene rings is 3. The normalized spacial score (nSPS) is 14.4. The molecule has 0 fully saturated rings. The summed E-state index contributed by atoms with van der Waals surface area (Å²) in [5.41, 5.74) is 6.94. The number of urea groups is 2. The van der Waals surface area contributed by atoms with Gasteiger partial charge in [-0.2, -0.15) is 10.1 Å². The van der Waals surface area contributed by atoms with Crippen LogP contribution in [0.15, 0.2) is 88.0 Å². The van der Waals surface area contributed by atoms with E-state index in [9.17, 15) is 14.4 Å². The summed E-state index contributed by atoms with van der Waals surface area (Å²) in [5.74, 6) is -0.249. The van der Waals surface area contributed by atoms with Crippen molar-refractivity contribution >= 4 is 29.5 Å². The second kappa shape index (κ2) is 10.9. The largest absolute Gasteiger partial charge is 0.387 e. The van der Waals surface area contributed by atoms with Crippen molar-refractivity contribution in [2.24, 2.45) is 15.2 Å². The van der Waals surface area contributed by atoms with Gasteiger partial charge in [0.2, 0.25) is 0 Å². The summed E-state index contributed by atoms with van der Waals surface area (Å²) >= 11 is 0. The fourth-order valence-corrected chi connectivity index (χ4v) is 5.24. The summed E-state index contributed by atoms with van der Waals surface area (Å²) in [7, 11) is 4.07. The number of carbonyl (C=O) groups is 3. The van der Waals surface area contributed by atoms with Crippen molar-refractivity contribution in [1.82, 2.24) is 19.6 Å². The number of rotatable bonds is 6. The first-order valence-electron chi connectivity index (χ1n) is 13.5. The summed E-state index contributed by atoms with van der Waals surface area (Å²) in [6.07, 6.45) is 0.483. The molecule has 0 saturated carbocycles. The van der Waals surface area contributed by atoms with Crippen LogP contribution in [0.3, 0.4) is 0 Å². The topological polar surface area (TPSA) is 125 Å². The van der Waals surface area contributed by atoms with E-state index in [1.807, 2.05) is 57.4 Å². The Hall–Kier alpha value is -5.29.